The quantitative estimate of drug-likeness (QED) is 0.347. The molecule has 0 aliphatic heterocycles. The van der Waals surface area contributed by atoms with Crippen LogP contribution in [0, 0.1) is 6.92 Å². The van der Waals surface area contributed by atoms with E-state index in [9.17, 15) is 9.59 Å². The number of aromatic nitrogens is 3. The van der Waals surface area contributed by atoms with Crippen molar-refractivity contribution in [1.82, 2.24) is 25.4 Å². The number of thioether (sulfide) groups is 1. The van der Waals surface area contributed by atoms with Crippen LogP contribution in [0.15, 0.2) is 53.7 Å². The minimum atomic E-state index is -0.564. The van der Waals surface area contributed by atoms with Crippen LogP contribution in [0.1, 0.15) is 12.5 Å². The molecule has 0 radical (unpaired) electrons. The zero-order valence-corrected chi connectivity index (χ0v) is 19.6. The van der Waals surface area contributed by atoms with Crippen molar-refractivity contribution >= 4 is 23.7 Å². The fourth-order valence-electron chi connectivity index (χ4n) is 3.03. The Hall–Kier alpha value is -3.37. The summed E-state index contributed by atoms with van der Waals surface area (Å²) in [5.74, 6) is 0.983. The standard InChI is InChI=1S/C23H27N5O4S/c1-4-32-19-10-8-18(9-11-19)28-21(17-7-5-6-16(2)14-17)26-27-23(28)33-15-20(29)25-22(30)24-12-13-31-3/h5-11,14H,4,12-13,15H2,1-3H3,(H2,24,25,29,30). The molecule has 0 spiro atoms. The van der Waals surface area contributed by atoms with Crippen LogP contribution in [0.4, 0.5) is 4.79 Å². The van der Waals surface area contributed by atoms with Gasteiger partial charge in [0.1, 0.15) is 5.75 Å². The molecule has 2 aromatic carbocycles. The van der Waals surface area contributed by atoms with E-state index in [2.05, 4.69) is 20.8 Å². The summed E-state index contributed by atoms with van der Waals surface area (Å²) in [6, 6.07) is 15.0. The minimum absolute atomic E-state index is 0.000673. The Balaban J connectivity index is 1.81. The van der Waals surface area contributed by atoms with Crippen molar-refractivity contribution in [1.29, 1.82) is 0 Å². The number of carbonyl (C=O) groups excluding carboxylic acids is 2. The van der Waals surface area contributed by atoms with Gasteiger partial charge in [0.05, 0.1) is 19.0 Å². The first kappa shape index (κ1) is 24.3. The molecule has 0 bridgehead atoms. The molecule has 1 heterocycles. The third-order valence-electron chi connectivity index (χ3n) is 4.49. The molecule has 3 aromatic rings. The third-order valence-corrected chi connectivity index (χ3v) is 5.42. The summed E-state index contributed by atoms with van der Waals surface area (Å²) in [5.41, 5.74) is 2.84. The molecule has 174 valence electrons. The highest BCUT2D eigenvalue weighted by molar-refractivity contribution is 7.99. The number of nitrogens with zero attached hydrogens (tertiary/aromatic N) is 3. The lowest BCUT2D eigenvalue weighted by atomic mass is 10.1. The second-order valence-corrected chi connectivity index (χ2v) is 7.97. The molecule has 10 heteroatoms. The number of hydrogen-bond acceptors (Lipinski definition) is 7. The van der Waals surface area contributed by atoms with Crippen molar-refractivity contribution in [2.75, 3.05) is 32.6 Å². The summed E-state index contributed by atoms with van der Waals surface area (Å²) in [6.45, 7) is 5.20. The summed E-state index contributed by atoms with van der Waals surface area (Å²) in [5, 5.41) is 14.1. The number of methoxy groups -OCH3 is 1. The number of nitrogens with one attached hydrogen (secondary N) is 2. The number of imide groups is 1. The summed E-state index contributed by atoms with van der Waals surface area (Å²) in [4.78, 5) is 24.0. The Kier molecular flexibility index (Phi) is 8.85. The number of rotatable bonds is 10. The number of carbonyl (C=O) groups is 2. The maximum absolute atomic E-state index is 12.2. The number of aryl methyl sites for hydroxylation is 1. The Morgan fingerprint density at radius 1 is 1.12 bits per heavy atom. The summed E-state index contributed by atoms with van der Waals surface area (Å²) in [7, 11) is 1.53. The van der Waals surface area contributed by atoms with Crippen LogP contribution in [0.25, 0.3) is 17.1 Å². The van der Waals surface area contributed by atoms with Crippen molar-refractivity contribution in [3.63, 3.8) is 0 Å². The van der Waals surface area contributed by atoms with E-state index in [0.29, 0.717) is 30.7 Å². The van der Waals surface area contributed by atoms with Crippen LogP contribution in [0.3, 0.4) is 0 Å². The van der Waals surface area contributed by atoms with E-state index in [1.54, 1.807) is 0 Å². The SMILES string of the molecule is CCOc1ccc(-n2c(SCC(=O)NC(=O)NCCOC)nnc2-c2cccc(C)c2)cc1. The van der Waals surface area contributed by atoms with Gasteiger partial charge in [-0.1, -0.05) is 35.5 Å². The van der Waals surface area contributed by atoms with Gasteiger partial charge in [-0.3, -0.25) is 14.7 Å². The predicted octanol–water partition coefficient (Wildman–Crippen LogP) is 3.21. The van der Waals surface area contributed by atoms with E-state index < -0.39 is 11.9 Å². The van der Waals surface area contributed by atoms with E-state index in [-0.39, 0.29) is 5.75 Å². The maximum Gasteiger partial charge on any atom is 0.321 e. The summed E-state index contributed by atoms with van der Waals surface area (Å²) in [6.07, 6.45) is 0. The maximum atomic E-state index is 12.2. The number of urea groups is 1. The van der Waals surface area contributed by atoms with Crippen LogP contribution in [-0.4, -0.2) is 59.3 Å². The number of hydrogen-bond donors (Lipinski definition) is 2. The van der Waals surface area contributed by atoms with Crippen LogP contribution >= 0.6 is 11.8 Å². The van der Waals surface area contributed by atoms with Crippen molar-refractivity contribution in [2.24, 2.45) is 0 Å². The first-order valence-electron chi connectivity index (χ1n) is 10.5. The smallest absolute Gasteiger partial charge is 0.321 e. The zero-order chi connectivity index (χ0) is 23.6. The summed E-state index contributed by atoms with van der Waals surface area (Å²) < 4.78 is 12.3. The van der Waals surface area contributed by atoms with E-state index >= 15 is 0 Å². The fraction of sp³-hybridized carbons (Fsp3) is 0.304. The monoisotopic (exact) mass is 469 g/mol. The highest BCUT2D eigenvalue weighted by Crippen LogP contribution is 2.29. The molecule has 3 rings (SSSR count). The van der Waals surface area contributed by atoms with Gasteiger partial charge in [0.25, 0.3) is 0 Å². The largest absolute Gasteiger partial charge is 0.494 e. The van der Waals surface area contributed by atoms with Crippen molar-refractivity contribution < 1.29 is 19.1 Å². The van der Waals surface area contributed by atoms with E-state index in [0.717, 1.165) is 22.6 Å². The number of amides is 3. The van der Waals surface area contributed by atoms with Crippen LogP contribution in [0.5, 0.6) is 5.75 Å². The van der Waals surface area contributed by atoms with Gasteiger partial charge in [0.2, 0.25) is 5.91 Å². The van der Waals surface area contributed by atoms with E-state index in [1.165, 1.54) is 18.9 Å². The van der Waals surface area contributed by atoms with Gasteiger partial charge in [0, 0.05) is 24.9 Å². The van der Waals surface area contributed by atoms with Crippen LogP contribution in [0.2, 0.25) is 0 Å². The molecule has 3 amide bonds. The molecule has 0 saturated carbocycles. The van der Waals surface area contributed by atoms with Gasteiger partial charge < -0.3 is 14.8 Å². The zero-order valence-electron chi connectivity index (χ0n) is 18.8. The lowest BCUT2D eigenvalue weighted by Gasteiger charge is -2.12. The summed E-state index contributed by atoms with van der Waals surface area (Å²) >= 11 is 1.20. The molecule has 0 fully saturated rings. The van der Waals surface area contributed by atoms with Crippen LogP contribution in [-0.2, 0) is 9.53 Å². The van der Waals surface area contributed by atoms with Gasteiger partial charge in [-0.2, -0.15) is 0 Å². The lowest BCUT2D eigenvalue weighted by Crippen LogP contribution is -2.41. The molecule has 0 aliphatic carbocycles. The van der Waals surface area contributed by atoms with Gasteiger partial charge >= 0.3 is 6.03 Å². The number of ether oxygens (including phenoxy) is 2. The second kappa shape index (κ2) is 12.0. The Bertz CT molecular complexity index is 1080. The molecular weight excluding hydrogens is 442 g/mol. The first-order chi connectivity index (χ1) is 16.0. The molecule has 0 saturated heterocycles. The Labute approximate surface area is 196 Å². The highest BCUT2D eigenvalue weighted by atomic mass is 32.2. The van der Waals surface area contributed by atoms with Crippen molar-refractivity contribution in [2.45, 2.75) is 19.0 Å². The molecule has 2 N–H and O–H groups in total. The third kappa shape index (κ3) is 6.80. The molecule has 1 aromatic heterocycles. The average Bonchev–Trinajstić information content (AvgIpc) is 3.23. The fourth-order valence-corrected chi connectivity index (χ4v) is 3.78. The van der Waals surface area contributed by atoms with Crippen LogP contribution < -0.4 is 15.4 Å². The molecule has 0 aliphatic rings. The molecule has 9 nitrogen and oxygen atoms in total. The van der Waals surface area contributed by atoms with Gasteiger partial charge in [-0.25, -0.2) is 4.79 Å². The number of benzene rings is 2. The Morgan fingerprint density at radius 3 is 2.61 bits per heavy atom. The molecule has 0 unspecified atom stereocenters. The first-order valence-corrected chi connectivity index (χ1v) is 11.5. The van der Waals surface area contributed by atoms with Crippen molar-refractivity contribution in [3.8, 4) is 22.8 Å². The average molecular weight is 470 g/mol. The van der Waals surface area contributed by atoms with E-state index in [1.807, 2.05) is 66.9 Å². The topological polar surface area (TPSA) is 107 Å². The predicted molar refractivity (Wildman–Crippen MR) is 127 cm³/mol. The molecule has 33 heavy (non-hydrogen) atoms. The molecular formula is C23H27N5O4S. The normalized spacial score (nSPS) is 10.6. The highest BCUT2D eigenvalue weighted by Gasteiger charge is 2.18. The second-order valence-electron chi connectivity index (χ2n) is 7.02. The molecule has 0 atom stereocenters. The van der Waals surface area contributed by atoms with Gasteiger partial charge in [0.15, 0.2) is 11.0 Å². The van der Waals surface area contributed by atoms with Crippen molar-refractivity contribution in [3.05, 3.63) is 54.1 Å². The van der Waals surface area contributed by atoms with Gasteiger partial charge in [-0.05, 0) is 44.2 Å². The minimum Gasteiger partial charge on any atom is -0.494 e. The van der Waals surface area contributed by atoms with Gasteiger partial charge in [-0.15, -0.1) is 10.2 Å². The lowest BCUT2D eigenvalue weighted by molar-refractivity contribution is -0.117. The Morgan fingerprint density at radius 2 is 1.91 bits per heavy atom. The van der Waals surface area contributed by atoms with E-state index in [4.69, 9.17) is 9.47 Å².